The number of anilines is 2. The third kappa shape index (κ3) is 12.3. The third-order valence-corrected chi connectivity index (χ3v) is 15.8. The molecule has 4 heterocycles. The fraction of sp³-hybridized carbons (Fsp3) is 0.700. The van der Waals surface area contributed by atoms with Gasteiger partial charge in [-0.1, -0.05) is 95.2 Å². The second-order valence-electron chi connectivity index (χ2n) is 19.2. The van der Waals surface area contributed by atoms with Crippen LogP contribution in [0.5, 0.6) is 0 Å². The number of fused-ring (bicyclic) bond motifs is 8. The number of carbonyl (C=O) groups is 2. The summed E-state index contributed by atoms with van der Waals surface area (Å²) in [5.74, 6) is 4.03. The first-order chi connectivity index (χ1) is 29.2. The number of nitrogens with one attached hydrogen (secondary N) is 1. The minimum Gasteiger partial charge on any atom is -1.00 e. The first-order valence-electron chi connectivity index (χ1n) is 24.3. The van der Waals surface area contributed by atoms with Crippen molar-refractivity contribution in [3.05, 3.63) is 67.1 Å². The van der Waals surface area contributed by atoms with Gasteiger partial charge in [0.15, 0.2) is 0 Å². The number of rotatable bonds is 6. The maximum Gasteiger partial charge on any atom is 0.321 e. The highest BCUT2D eigenvalue weighted by atomic mass is 35.5. The van der Waals surface area contributed by atoms with Crippen LogP contribution in [0.1, 0.15) is 150 Å². The van der Waals surface area contributed by atoms with Crippen LogP contribution in [0.3, 0.4) is 0 Å². The van der Waals surface area contributed by atoms with Crippen molar-refractivity contribution >= 4 is 56.2 Å². The maximum absolute atomic E-state index is 12.3. The number of halogens is 4. The zero-order valence-corrected chi connectivity index (χ0v) is 39.0. The van der Waals surface area contributed by atoms with Gasteiger partial charge in [0.2, 0.25) is 0 Å². The predicted octanol–water partition coefficient (Wildman–Crippen LogP) is 11.1. The first-order valence-corrected chi connectivity index (χ1v) is 24.7. The van der Waals surface area contributed by atoms with Gasteiger partial charge in [-0.3, -0.25) is 24.3 Å². The molecule has 332 valence electrons. The molecule has 0 aromatic heterocycles. The number of carbonyl (C=O) groups excluding carboxylic acids is 2. The zero-order valence-electron chi connectivity index (χ0n) is 37.0. The molecule has 2 aromatic rings. The Morgan fingerprint density at radius 1 is 0.617 bits per heavy atom. The van der Waals surface area contributed by atoms with E-state index in [0.29, 0.717) is 25.0 Å². The van der Waals surface area contributed by atoms with Crippen LogP contribution in [-0.4, -0.2) is 68.2 Å². The fourth-order valence-electron chi connectivity index (χ4n) is 13.8. The summed E-state index contributed by atoms with van der Waals surface area (Å²) >= 11 is 14.9. The zero-order chi connectivity index (χ0) is 42.0. The third-order valence-electron chi connectivity index (χ3n) is 15.6. The number of hydrogen-bond donors (Lipinski definition) is 1. The van der Waals surface area contributed by atoms with Gasteiger partial charge >= 0.3 is 10.1 Å². The molecule has 10 heteroatoms. The second kappa shape index (κ2) is 23.3. The SMILES string of the molecule is O=C(Cl)Cl.O=C(Cl)N(c1ccccc1)C1C[C@H]2C[CH+]C[C@@H](C1)N2C1C[C@H]2CCC[C@@H](C1)C2.[2H]CC.[Cl-].c1ccc(NC2C[C@H]3CCC[C@@H](C2)N3C2C[C@H]3CCC[C@@H](C2)C3)cc1. The Kier molecular flexibility index (Phi) is 18.0. The largest absolute Gasteiger partial charge is 1.00 e. The summed E-state index contributed by atoms with van der Waals surface area (Å²) in [6.45, 7) is 2.29. The molecule has 4 aliphatic carbocycles. The standard InChI is InChI=1S/C24H32ClN2O.C23H34N2.C2H6.CCl2O.ClH/c25-24(28)27(19-8-2-1-3-9-19)23-15-20-10-5-11-21(16-23)26(20)22-13-17-6-4-7-18(12-17)14-22;1-2-8-19(9-3-1)24-20-15-21-10-5-11-22(16-20)25(21)23-13-17-6-4-7-18(12-17)14-23;1-2;2-1(3)4;/h1-3,5,8-9,17-18,20-23H,4,6-7,10-16H2;1-3,8-9,17-18,20-24H,4-7,10-16H2;1-2H3;;1H/q+1;;;;/p-1/t17-,18+,20-,21+,22?,23?;17-,18+,20?,21-,22+,23?;;;/i;;1D;;. The molecule has 2 aromatic carbocycles. The number of amides is 1. The van der Waals surface area contributed by atoms with Crippen molar-refractivity contribution < 1.29 is 23.4 Å². The molecule has 60 heavy (non-hydrogen) atoms. The van der Waals surface area contributed by atoms with Crippen LogP contribution < -0.4 is 22.6 Å². The van der Waals surface area contributed by atoms with Gasteiger partial charge in [0.1, 0.15) is 12.8 Å². The Balaban J connectivity index is 0.000000176. The minimum absolute atomic E-state index is 0. The molecule has 8 aliphatic rings. The van der Waals surface area contributed by atoms with E-state index in [0.717, 1.165) is 79.2 Å². The Hall–Kier alpha value is -1.67. The van der Waals surface area contributed by atoms with Crippen molar-refractivity contribution in [2.45, 2.75) is 197 Å². The van der Waals surface area contributed by atoms with Crippen molar-refractivity contribution in [3.63, 3.8) is 0 Å². The highest BCUT2D eigenvalue weighted by Crippen LogP contribution is 2.48. The van der Waals surface area contributed by atoms with Crippen LogP contribution >= 0.6 is 34.8 Å². The van der Waals surface area contributed by atoms with Gasteiger partial charge in [0, 0.05) is 49.0 Å². The summed E-state index contributed by atoms with van der Waals surface area (Å²) in [6.07, 6.45) is 31.8. The molecule has 4 saturated carbocycles. The number of benzene rings is 2. The van der Waals surface area contributed by atoms with E-state index in [1.165, 1.54) is 108 Å². The van der Waals surface area contributed by atoms with Gasteiger partial charge < -0.3 is 17.7 Å². The summed E-state index contributed by atoms with van der Waals surface area (Å²) in [5.41, 5.74) is 2.25. The Labute approximate surface area is 385 Å². The average molecular weight is 904 g/mol. The van der Waals surface area contributed by atoms with Crippen LogP contribution in [0.25, 0.3) is 0 Å². The average Bonchev–Trinajstić information content (AvgIpc) is 3.21. The summed E-state index contributed by atoms with van der Waals surface area (Å²) in [6, 6.07) is 26.3. The van der Waals surface area contributed by atoms with Crippen molar-refractivity contribution in [1.82, 2.24) is 9.80 Å². The van der Waals surface area contributed by atoms with E-state index in [-0.39, 0.29) is 23.8 Å². The van der Waals surface area contributed by atoms with Gasteiger partial charge in [-0.2, -0.15) is 0 Å². The van der Waals surface area contributed by atoms with Crippen LogP contribution in [0, 0.1) is 30.1 Å². The van der Waals surface area contributed by atoms with Crippen molar-refractivity contribution in [3.8, 4) is 0 Å². The van der Waals surface area contributed by atoms with Crippen LogP contribution in [0.4, 0.5) is 21.0 Å². The van der Waals surface area contributed by atoms with E-state index in [1.807, 2.05) is 35.2 Å². The molecule has 8 bridgehead atoms. The smallest absolute Gasteiger partial charge is 0.321 e. The van der Waals surface area contributed by atoms with Gasteiger partial charge in [-0.15, -0.1) is 0 Å². The number of para-hydroxylation sites is 2. The molecule has 4 saturated heterocycles. The molecule has 1 amide bonds. The monoisotopic (exact) mass is 901 g/mol. The maximum atomic E-state index is 12.3. The number of hydrogen-bond acceptors (Lipinski definition) is 5. The molecule has 6 nitrogen and oxygen atoms in total. The van der Waals surface area contributed by atoms with Gasteiger partial charge in [-0.25, -0.2) is 0 Å². The van der Waals surface area contributed by atoms with Gasteiger partial charge in [0.25, 0.3) is 0 Å². The Morgan fingerprint density at radius 3 is 1.48 bits per heavy atom. The minimum atomic E-state index is -0.889. The van der Waals surface area contributed by atoms with E-state index < -0.39 is 4.70 Å². The van der Waals surface area contributed by atoms with Crippen molar-refractivity contribution in [2.75, 3.05) is 10.2 Å². The van der Waals surface area contributed by atoms with Crippen LogP contribution in [0.15, 0.2) is 60.7 Å². The summed E-state index contributed by atoms with van der Waals surface area (Å²) < 4.78 is 5.32. The van der Waals surface area contributed by atoms with E-state index in [1.54, 1.807) is 13.3 Å². The lowest BCUT2D eigenvalue weighted by molar-refractivity contribution is -0.0382. The molecular weight excluding hydrogens is 830 g/mol. The summed E-state index contributed by atoms with van der Waals surface area (Å²) in [5, 5.41) is 3.51. The Morgan fingerprint density at radius 2 is 1.03 bits per heavy atom. The highest BCUT2D eigenvalue weighted by molar-refractivity contribution is 6.93. The lowest BCUT2D eigenvalue weighted by atomic mass is 9.68. The van der Waals surface area contributed by atoms with Crippen LogP contribution in [-0.2, 0) is 0 Å². The first kappa shape index (κ1) is 46.3. The molecule has 1 N–H and O–H groups in total. The fourth-order valence-corrected chi connectivity index (χ4v) is 14.1. The molecule has 10 rings (SSSR count). The normalized spacial score (nSPS) is 35.6. The Bertz CT molecular complexity index is 1570. The van der Waals surface area contributed by atoms with Gasteiger partial charge in [-0.05, 0) is 160 Å². The van der Waals surface area contributed by atoms with E-state index >= 15 is 0 Å². The lowest BCUT2D eigenvalue weighted by Crippen LogP contribution is -3.00. The second-order valence-corrected chi connectivity index (χ2v) is 20.4. The van der Waals surface area contributed by atoms with E-state index in [2.05, 4.69) is 75.1 Å². The van der Waals surface area contributed by atoms with Crippen molar-refractivity contribution in [1.29, 1.82) is 0 Å². The molecule has 8 fully saturated rings. The number of piperidine rings is 4. The molecule has 4 aliphatic heterocycles. The van der Waals surface area contributed by atoms with Crippen LogP contribution in [0.2, 0.25) is 0 Å². The highest BCUT2D eigenvalue weighted by Gasteiger charge is 2.49. The van der Waals surface area contributed by atoms with Gasteiger partial charge in [0.05, 0.1) is 18.5 Å². The summed E-state index contributed by atoms with van der Waals surface area (Å²) in [4.78, 5) is 29.1. The summed E-state index contributed by atoms with van der Waals surface area (Å²) in [7, 11) is 0. The molecule has 4 unspecified atom stereocenters. The topological polar surface area (TPSA) is 55.9 Å². The predicted molar refractivity (Wildman–Crippen MR) is 248 cm³/mol. The molecule has 0 radical (unpaired) electrons. The molecular formula is C50H72Cl4N4O2. The lowest BCUT2D eigenvalue weighted by Gasteiger charge is -2.55. The van der Waals surface area contributed by atoms with E-state index in [4.69, 9.17) is 17.8 Å². The molecule has 0 spiro atoms. The number of nitrogens with zero attached hydrogens (tertiary/aromatic N) is 3. The molecule has 12 atom stereocenters. The quantitative estimate of drug-likeness (QED) is 0.178. The van der Waals surface area contributed by atoms with E-state index in [9.17, 15) is 4.79 Å². The van der Waals surface area contributed by atoms with Crippen molar-refractivity contribution in [2.24, 2.45) is 23.7 Å².